The minimum atomic E-state index is -2.89. The molecule has 2 saturated heterocycles. The van der Waals surface area contributed by atoms with Gasteiger partial charge in [-0.1, -0.05) is 49.1 Å². The Bertz CT molecular complexity index is 2750. The number of pyridine rings is 2. The number of aromatic nitrogens is 4. The molecule has 0 saturated carbocycles. The first-order chi connectivity index (χ1) is 34.6. The lowest BCUT2D eigenvalue weighted by atomic mass is 9.80. The number of aryl methyl sites for hydroxylation is 2. The van der Waals surface area contributed by atoms with Gasteiger partial charge < -0.3 is 40.6 Å². The smallest absolute Gasteiger partial charge is 0.387 e. The van der Waals surface area contributed by atoms with E-state index in [4.69, 9.17) is 35.2 Å². The van der Waals surface area contributed by atoms with Crippen molar-refractivity contribution in [3.05, 3.63) is 104 Å². The van der Waals surface area contributed by atoms with E-state index in [0.29, 0.717) is 65.4 Å². The number of hydrogen-bond acceptors (Lipinski definition) is 18. The van der Waals surface area contributed by atoms with E-state index in [1.54, 1.807) is 55.6 Å². The van der Waals surface area contributed by atoms with Crippen LogP contribution in [0.5, 0.6) is 11.5 Å². The number of aliphatic imine (C=N–C) groups is 2. The molecule has 0 spiro atoms. The first-order valence-corrected chi connectivity index (χ1v) is 26.7. The minimum Gasteiger partial charge on any atom is -0.433 e. The maximum atomic E-state index is 12.8. The number of thiazole rings is 2. The van der Waals surface area contributed by atoms with Gasteiger partial charge in [0.15, 0.2) is 10.3 Å². The third-order valence-corrected chi connectivity index (χ3v) is 16.1. The van der Waals surface area contributed by atoms with Crippen LogP contribution in [-0.2, 0) is 33.6 Å². The van der Waals surface area contributed by atoms with Gasteiger partial charge in [0.25, 0.3) is 5.91 Å². The molecule has 9 rings (SSSR count). The first-order valence-electron chi connectivity index (χ1n) is 22.9. The van der Waals surface area contributed by atoms with Crippen molar-refractivity contribution in [2.45, 2.75) is 111 Å². The van der Waals surface area contributed by atoms with Crippen LogP contribution in [0.1, 0.15) is 90.9 Å². The standard InChI is InChI=1S/C26H27F2N5O3S2.C19H23F2N5O2S2.C4H6.CH4/c1-15-8-19(36-24(27)28)10-29-20(15)11-30-21-13-37-23(31-21)26-14-35-16(2)9-18(26)12-38-25(33-26)32-22(34)17-6-4-3-5-7-17;1-10-3-13(28-17(20)21)5-23-14(10)6-24-15-8-29-16(25-15)19-9-27-11(2)4-12(19)7-30-18(22)26-19;1-3-4-2;/h3-8,10,13,16,18,24,30H,9,11-12,14H2,1-2H3,(H,32,33,34);3,5,8,11-12,17,24H,4,6-7,9H2,1-2H3,(H2,22,26);1-2H3;1H4/t16-,18-,26-;11-,12-,19-;;/m00../s1. The van der Waals surface area contributed by atoms with E-state index in [0.717, 1.165) is 51.2 Å². The van der Waals surface area contributed by atoms with E-state index in [9.17, 15) is 22.4 Å². The number of fused-ring (bicyclic) bond motifs is 2. The Labute approximate surface area is 439 Å². The summed E-state index contributed by atoms with van der Waals surface area (Å²) in [6.07, 6.45) is 4.66. The summed E-state index contributed by atoms with van der Waals surface area (Å²) in [5.74, 6) is 8.83. The second-order valence-electron chi connectivity index (χ2n) is 17.2. The molecule has 5 N–H and O–H groups in total. The normalized spacial score (nSPS) is 22.9. The van der Waals surface area contributed by atoms with Crippen molar-refractivity contribution in [2.24, 2.45) is 27.6 Å². The van der Waals surface area contributed by atoms with Crippen molar-refractivity contribution in [1.82, 2.24) is 25.3 Å². The molecule has 0 radical (unpaired) electrons. The van der Waals surface area contributed by atoms with Crippen molar-refractivity contribution in [2.75, 3.05) is 35.4 Å². The average Bonchev–Trinajstić information content (AvgIpc) is 4.05. The molecule has 5 aromatic rings. The van der Waals surface area contributed by atoms with Crippen LogP contribution in [0.2, 0.25) is 0 Å². The highest BCUT2D eigenvalue weighted by atomic mass is 32.2. The molecular weight excluding hydrogens is 1020 g/mol. The van der Waals surface area contributed by atoms with Gasteiger partial charge in [-0.05, 0) is 89.8 Å². The number of amides is 1. The molecule has 392 valence electrons. The Balaban J connectivity index is 0.000000224. The Morgan fingerprint density at radius 2 is 1.26 bits per heavy atom. The topological polar surface area (TPSA) is 192 Å². The molecule has 0 unspecified atom stereocenters. The number of benzene rings is 1. The number of thioether (sulfide) groups is 2. The number of amidine groups is 2. The summed E-state index contributed by atoms with van der Waals surface area (Å²) in [7, 11) is 0. The van der Waals surface area contributed by atoms with Crippen LogP contribution in [0, 0.1) is 37.5 Å². The van der Waals surface area contributed by atoms with Crippen molar-refractivity contribution >= 4 is 74.1 Å². The monoisotopic (exact) mass is 1080 g/mol. The summed E-state index contributed by atoms with van der Waals surface area (Å²) in [5, 5.41) is 16.2. The maximum absolute atomic E-state index is 12.8. The molecular formula is C50H60F4N10O5S4. The first kappa shape index (κ1) is 56.8. The zero-order chi connectivity index (χ0) is 51.4. The number of nitrogens with two attached hydrogens (primary N) is 1. The highest BCUT2D eigenvalue weighted by Gasteiger charge is 2.51. The maximum Gasteiger partial charge on any atom is 0.387 e. The van der Waals surface area contributed by atoms with Gasteiger partial charge in [-0.2, -0.15) is 17.6 Å². The third-order valence-electron chi connectivity index (χ3n) is 12.1. The van der Waals surface area contributed by atoms with Crippen LogP contribution in [0.4, 0.5) is 29.2 Å². The number of carbonyl (C=O) groups excluding carboxylic acids is 1. The van der Waals surface area contributed by atoms with Gasteiger partial charge in [-0.3, -0.25) is 14.8 Å². The molecule has 6 atom stereocenters. The Morgan fingerprint density at radius 3 is 1.73 bits per heavy atom. The third kappa shape index (κ3) is 14.6. The fraction of sp³-hybridized carbons (Fsp3) is 0.460. The van der Waals surface area contributed by atoms with Crippen molar-refractivity contribution in [3.8, 4) is 23.3 Å². The van der Waals surface area contributed by atoms with Crippen molar-refractivity contribution in [3.63, 3.8) is 0 Å². The summed E-state index contributed by atoms with van der Waals surface area (Å²) >= 11 is 6.16. The Hall–Kier alpha value is -5.51. The van der Waals surface area contributed by atoms with Crippen LogP contribution in [-0.4, -0.2) is 86.3 Å². The predicted molar refractivity (Wildman–Crippen MR) is 284 cm³/mol. The number of nitrogens with zero attached hydrogens (tertiary/aromatic N) is 6. The SMILES string of the molecule is C.CC#CC.Cc1cc(OC(F)F)cnc1CNc1csc([C@]23CO[C@@H](C)C[C@H]2CSC(N)=N3)n1.Cc1cc(OC(F)F)cnc1CNc1csc([C@]23CO[C@@H](C)C[C@H]2CSC(NC(=O)c2ccccc2)=N3)n1. The molecule has 4 aromatic heterocycles. The lowest BCUT2D eigenvalue weighted by Gasteiger charge is -2.44. The fourth-order valence-corrected chi connectivity index (χ4v) is 12.4. The number of alkyl halides is 4. The molecule has 0 bridgehead atoms. The van der Waals surface area contributed by atoms with Gasteiger partial charge in [0, 0.05) is 39.7 Å². The average molecular weight is 1090 g/mol. The summed E-state index contributed by atoms with van der Waals surface area (Å²) in [5.41, 5.74) is 8.31. The molecule has 2 fully saturated rings. The zero-order valence-corrected chi connectivity index (χ0v) is 43.7. The largest absolute Gasteiger partial charge is 0.433 e. The molecule has 4 aliphatic heterocycles. The van der Waals surface area contributed by atoms with Gasteiger partial charge in [-0.15, -0.1) is 34.5 Å². The molecule has 8 heterocycles. The fourth-order valence-electron chi connectivity index (χ4n) is 8.28. The quantitative estimate of drug-likeness (QED) is 0.0643. The molecule has 73 heavy (non-hydrogen) atoms. The molecule has 4 aliphatic rings. The summed E-state index contributed by atoms with van der Waals surface area (Å²) in [6, 6.07) is 12.1. The van der Waals surface area contributed by atoms with Crippen molar-refractivity contribution in [1.29, 1.82) is 0 Å². The molecule has 1 amide bonds. The number of halogens is 4. The van der Waals surface area contributed by atoms with E-state index in [-0.39, 0.29) is 43.0 Å². The number of hydrogen-bond donors (Lipinski definition) is 4. The molecule has 0 aliphatic carbocycles. The van der Waals surface area contributed by atoms with Crippen LogP contribution < -0.4 is 31.2 Å². The Morgan fingerprint density at radius 1 is 0.781 bits per heavy atom. The van der Waals surface area contributed by atoms with Crippen LogP contribution in [0.15, 0.2) is 75.6 Å². The predicted octanol–water partition coefficient (Wildman–Crippen LogP) is 10.6. The highest BCUT2D eigenvalue weighted by molar-refractivity contribution is 8.14. The van der Waals surface area contributed by atoms with Gasteiger partial charge in [-0.25, -0.2) is 20.0 Å². The number of ether oxygens (including phenoxy) is 4. The summed E-state index contributed by atoms with van der Waals surface area (Å²) in [4.78, 5) is 40.7. The molecule has 23 heteroatoms. The van der Waals surface area contributed by atoms with E-state index < -0.39 is 24.3 Å². The second-order valence-corrected chi connectivity index (χ2v) is 20.9. The molecule has 15 nitrogen and oxygen atoms in total. The number of nitrogens with one attached hydrogen (secondary N) is 3. The van der Waals surface area contributed by atoms with E-state index in [2.05, 4.69) is 61.1 Å². The number of anilines is 2. The lowest BCUT2D eigenvalue weighted by Crippen LogP contribution is -2.50. The summed E-state index contributed by atoms with van der Waals surface area (Å²) in [6.45, 7) is 7.24. The van der Waals surface area contributed by atoms with Gasteiger partial charge in [0.05, 0.1) is 62.3 Å². The van der Waals surface area contributed by atoms with E-state index in [1.165, 1.54) is 41.1 Å². The van der Waals surface area contributed by atoms with Crippen LogP contribution in [0.25, 0.3) is 0 Å². The van der Waals surface area contributed by atoms with Gasteiger partial charge in [0.1, 0.15) is 44.2 Å². The van der Waals surface area contributed by atoms with Gasteiger partial charge >= 0.3 is 13.2 Å². The van der Waals surface area contributed by atoms with Crippen molar-refractivity contribution < 1.29 is 41.3 Å². The zero-order valence-electron chi connectivity index (χ0n) is 40.4. The van der Waals surface area contributed by atoms with Gasteiger partial charge in [0.2, 0.25) is 0 Å². The van der Waals surface area contributed by atoms with E-state index >= 15 is 0 Å². The van der Waals surface area contributed by atoms with Crippen LogP contribution in [0.3, 0.4) is 0 Å². The lowest BCUT2D eigenvalue weighted by molar-refractivity contribution is -0.0508. The summed E-state index contributed by atoms with van der Waals surface area (Å²) < 4.78 is 70.5. The second kappa shape index (κ2) is 26.1. The number of carbonyl (C=O) groups is 1. The number of rotatable bonds is 13. The highest BCUT2D eigenvalue weighted by Crippen LogP contribution is 2.48. The Kier molecular flexibility index (Phi) is 20.3. The molecule has 1 aromatic carbocycles. The van der Waals surface area contributed by atoms with E-state index in [1.807, 2.05) is 42.8 Å². The van der Waals surface area contributed by atoms with Crippen LogP contribution >= 0.6 is 46.2 Å². The minimum absolute atomic E-state index is 0.